The Morgan fingerprint density at radius 3 is 1.30 bits per heavy atom. The fraction of sp³-hybridized carbons (Fsp3) is 1.00. The van der Waals surface area contributed by atoms with Gasteiger partial charge < -0.3 is 0 Å². The first-order chi connectivity index (χ1) is 9.68. The standard InChI is InChI=1S/C18H40NO/c1-5-7-9-11-13-15-17-19(3,20-4)18-16-14-12-10-8-6-2/h5-18H2,1-4H3/q+1. The van der Waals surface area contributed by atoms with Gasteiger partial charge >= 0.3 is 0 Å². The first-order valence-corrected chi connectivity index (χ1v) is 9.08. The largest absolute Gasteiger partial charge is 0.206 e. The van der Waals surface area contributed by atoms with Crippen molar-refractivity contribution in [1.29, 1.82) is 0 Å². The first-order valence-electron chi connectivity index (χ1n) is 9.08. The molecule has 0 saturated heterocycles. The van der Waals surface area contributed by atoms with E-state index in [2.05, 4.69) is 20.9 Å². The Bertz CT molecular complexity index is 178. The van der Waals surface area contributed by atoms with Crippen LogP contribution in [-0.4, -0.2) is 31.9 Å². The smallest absolute Gasteiger partial charge is 0.109 e. The van der Waals surface area contributed by atoms with Crippen LogP contribution in [0.5, 0.6) is 0 Å². The van der Waals surface area contributed by atoms with Crippen molar-refractivity contribution in [2.24, 2.45) is 0 Å². The highest BCUT2D eigenvalue weighted by atomic mass is 16.7. The van der Waals surface area contributed by atoms with Crippen molar-refractivity contribution in [2.45, 2.75) is 90.9 Å². The van der Waals surface area contributed by atoms with Crippen LogP contribution in [0.25, 0.3) is 0 Å². The Labute approximate surface area is 128 Å². The van der Waals surface area contributed by atoms with Crippen molar-refractivity contribution in [3.63, 3.8) is 0 Å². The molecule has 0 aromatic carbocycles. The molecule has 0 saturated carbocycles. The third kappa shape index (κ3) is 11.7. The first kappa shape index (κ1) is 19.9. The molecule has 0 aliphatic carbocycles. The Hall–Kier alpha value is -0.0800. The van der Waals surface area contributed by atoms with Gasteiger partial charge in [-0.3, -0.25) is 0 Å². The third-order valence-electron chi connectivity index (χ3n) is 4.41. The minimum Gasteiger partial charge on any atom is -0.206 e. The van der Waals surface area contributed by atoms with E-state index >= 15 is 0 Å². The Kier molecular flexibility index (Phi) is 13.8. The summed E-state index contributed by atoms with van der Waals surface area (Å²) in [4.78, 5) is 5.73. The predicted octanol–water partition coefficient (Wildman–Crippen LogP) is 5.72. The number of hydrogen-bond acceptors (Lipinski definition) is 1. The molecular weight excluding hydrogens is 246 g/mol. The maximum atomic E-state index is 5.73. The van der Waals surface area contributed by atoms with E-state index in [4.69, 9.17) is 4.84 Å². The van der Waals surface area contributed by atoms with Crippen LogP contribution in [0.3, 0.4) is 0 Å². The van der Waals surface area contributed by atoms with Gasteiger partial charge in [0.2, 0.25) is 0 Å². The van der Waals surface area contributed by atoms with Crippen molar-refractivity contribution < 1.29 is 9.48 Å². The molecule has 0 N–H and O–H groups in total. The van der Waals surface area contributed by atoms with Crippen LogP contribution in [0, 0.1) is 0 Å². The zero-order valence-corrected chi connectivity index (χ0v) is 14.8. The Morgan fingerprint density at radius 2 is 0.950 bits per heavy atom. The lowest BCUT2D eigenvalue weighted by atomic mass is 10.1. The number of quaternary nitrogens is 1. The molecule has 0 aromatic rings. The van der Waals surface area contributed by atoms with Gasteiger partial charge in [0.25, 0.3) is 0 Å². The quantitative estimate of drug-likeness (QED) is 0.213. The molecule has 0 spiro atoms. The summed E-state index contributed by atoms with van der Waals surface area (Å²) in [5.41, 5.74) is 0. The molecule has 0 rings (SSSR count). The van der Waals surface area contributed by atoms with Gasteiger partial charge in [-0.15, -0.1) is 0 Å². The minimum atomic E-state index is 0.807. The maximum Gasteiger partial charge on any atom is 0.109 e. The van der Waals surface area contributed by atoms with E-state index in [1.54, 1.807) is 0 Å². The molecule has 20 heavy (non-hydrogen) atoms. The van der Waals surface area contributed by atoms with E-state index in [9.17, 15) is 0 Å². The summed E-state index contributed by atoms with van der Waals surface area (Å²) in [5, 5.41) is 0. The van der Waals surface area contributed by atoms with E-state index in [1.807, 2.05) is 7.11 Å². The van der Waals surface area contributed by atoms with E-state index < -0.39 is 0 Å². The average molecular weight is 287 g/mol. The van der Waals surface area contributed by atoms with Crippen LogP contribution in [0.15, 0.2) is 0 Å². The summed E-state index contributed by atoms with van der Waals surface area (Å²) in [6, 6.07) is 0. The number of unbranched alkanes of at least 4 members (excludes halogenated alkanes) is 10. The lowest BCUT2D eigenvalue weighted by molar-refractivity contribution is -1.09. The summed E-state index contributed by atoms with van der Waals surface area (Å²) in [6.45, 7) is 6.91. The van der Waals surface area contributed by atoms with E-state index in [0.717, 1.165) is 4.65 Å². The molecular formula is C18H40NO+. The highest BCUT2D eigenvalue weighted by Gasteiger charge is 2.20. The molecule has 122 valence electrons. The fourth-order valence-corrected chi connectivity index (χ4v) is 2.75. The topological polar surface area (TPSA) is 9.23 Å². The molecule has 0 radical (unpaired) electrons. The molecule has 0 aliphatic rings. The molecule has 0 fully saturated rings. The van der Waals surface area contributed by atoms with Gasteiger partial charge in [0, 0.05) is 0 Å². The zero-order valence-electron chi connectivity index (χ0n) is 14.8. The highest BCUT2D eigenvalue weighted by molar-refractivity contribution is 4.46. The number of rotatable bonds is 15. The van der Waals surface area contributed by atoms with Gasteiger partial charge in [0.1, 0.15) is 13.1 Å². The summed E-state index contributed by atoms with van der Waals surface area (Å²) < 4.78 is 0.807. The van der Waals surface area contributed by atoms with E-state index in [-0.39, 0.29) is 0 Å². The van der Waals surface area contributed by atoms with Crippen molar-refractivity contribution in [2.75, 3.05) is 27.2 Å². The van der Waals surface area contributed by atoms with Gasteiger partial charge in [0.05, 0.1) is 14.2 Å². The van der Waals surface area contributed by atoms with E-state index in [0.29, 0.717) is 0 Å². The molecule has 0 atom stereocenters. The second kappa shape index (κ2) is 13.9. The second-order valence-corrected chi connectivity index (χ2v) is 6.46. The van der Waals surface area contributed by atoms with Crippen molar-refractivity contribution in [1.82, 2.24) is 0 Å². The Balaban J connectivity index is 3.57. The minimum absolute atomic E-state index is 0.807. The molecule has 0 unspecified atom stereocenters. The molecule has 0 bridgehead atoms. The van der Waals surface area contributed by atoms with Crippen LogP contribution < -0.4 is 0 Å². The van der Waals surface area contributed by atoms with Crippen LogP contribution in [0.4, 0.5) is 0 Å². The third-order valence-corrected chi connectivity index (χ3v) is 4.41. The van der Waals surface area contributed by atoms with Gasteiger partial charge in [-0.1, -0.05) is 65.2 Å². The molecule has 0 amide bonds. The number of nitrogens with zero attached hydrogens (tertiary/aromatic N) is 1. The molecule has 2 heteroatoms. The lowest BCUT2D eigenvalue weighted by Gasteiger charge is -2.30. The van der Waals surface area contributed by atoms with E-state index in [1.165, 1.54) is 90.1 Å². The average Bonchev–Trinajstić information content (AvgIpc) is 2.46. The normalized spacial score (nSPS) is 12.0. The summed E-state index contributed by atoms with van der Waals surface area (Å²) in [6.07, 6.45) is 16.4. The monoisotopic (exact) mass is 286 g/mol. The fourth-order valence-electron chi connectivity index (χ4n) is 2.75. The number of hydrogen-bond donors (Lipinski definition) is 0. The summed E-state index contributed by atoms with van der Waals surface area (Å²) in [5.74, 6) is 0. The van der Waals surface area contributed by atoms with Gasteiger partial charge in [-0.05, 0) is 25.7 Å². The number of hydroxylamine groups is 3. The highest BCUT2D eigenvalue weighted by Crippen LogP contribution is 2.13. The SMILES string of the molecule is CCCCCCCC[N+](C)(CCCCCCCC)OC. The van der Waals surface area contributed by atoms with Crippen molar-refractivity contribution in [3.8, 4) is 0 Å². The van der Waals surface area contributed by atoms with Crippen LogP contribution in [0.1, 0.15) is 90.9 Å². The summed E-state index contributed by atoms with van der Waals surface area (Å²) in [7, 11) is 4.12. The van der Waals surface area contributed by atoms with Gasteiger partial charge in [-0.25, -0.2) is 4.84 Å². The predicted molar refractivity (Wildman–Crippen MR) is 89.7 cm³/mol. The molecule has 0 heterocycles. The second-order valence-electron chi connectivity index (χ2n) is 6.46. The maximum absolute atomic E-state index is 5.73. The molecule has 2 nitrogen and oxygen atoms in total. The Morgan fingerprint density at radius 1 is 0.600 bits per heavy atom. The van der Waals surface area contributed by atoms with Crippen molar-refractivity contribution >= 4 is 0 Å². The van der Waals surface area contributed by atoms with Gasteiger partial charge in [-0.2, -0.15) is 4.65 Å². The van der Waals surface area contributed by atoms with Crippen molar-refractivity contribution in [3.05, 3.63) is 0 Å². The molecule has 0 aromatic heterocycles. The zero-order chi connectivity index (χ0) is 15.1. The van der Waals surface area contributed by atoms with Crippen LogP contribution in [0.2, 0.25) is 0 Å². The van der Waals surface area contributed by atoms with Gasteiger partial charge in [0.15, 0.2) is 0 Å². The van der Waals surface area contributed by atoms with Crippen LogP contribution in [-0.2, 0) is 4.84 Å². The van der Waals surface area contributed by atoms with Crippen LogP contribution >= 0.6 is 0 Å². The molecule has 0 aliphatic heterocycles. The summed E-state index contributed by atoms with van der Waals surface area (Å²) >= 11 is 0. The lowest BCUT2D eigenvalue weighted by Crippen LogP contribution is -2.44.